The zero-order valence-corrected chi connectivity index (χ0v) is 21.2. The Kier molecular flexibility index (Phi) is 7.84. The summed E-state index contributed by atoms with van der Waals surface area (Å²) in [4.78, 5) is 44.7. The van der Waals surface area contributed by atoms with Crippen molar-refractivity contribution in [3.05, 3.63) is 65.2 Å². The lowest BCUT2D eigenvalue weighted by Crippen LogP contribution is -2.50. The number of carbonyl (C=O) groups is 3. The number of anilines is 1. The predicted molar refractivity (Wildman–Crippen MR) is 137 cm³/mol. The molecule has 1 saturated heterocycles. The van der Waals surface area contributed by atoms with E-state index in [-0.39, 0.29) is 23.8 Å². The summed E-state index contributed by atoms with van der Waals surface area (Å²) in [7, 11) is 0. The van der Waals surface area contributed by atoms with Crippen molar-refractivity contribution < 1.29 is 23.9 Å². The van der Waals surface area contributed by atoms with E-state index in [2.05, 4.69) is 10.3 Å². The van der Waals surface area contributed by atoms with Crippen molar-refractivity contribution in [2.45, 2.75) is 26.9 Å². The summed E-state index contributed by atoms with van der Waals surface area (Å²) >= 11 is 1.33. The monoisotopic (exact) mass is 508 g/mol. The van der Waals surface area contributed by atoms with Gasteiger partial charge in [0.25, 0.3) is 11.8 Å². The van der Waals surface area contributed by atoms with E-state index in [1.165, 1.54) is 18.3 Å². The number of hydrogen-bond acceptors (Lipinski definition) is 7. The van der Waals surface area contributed by atoms with Gasteiger partial charge < -0.3 is 19.3 Å². The van der Waals surface area contributed by atoms with Crippen molar-refractivity contribution in [3.63, 3.8) is 0 Å². The third-order valence-corrected chi connectivity index (χ3v) is 6.20. The quantitative estimate of drug-likeness (QED) is 0.511. The van der Waals surface area contributed by atoms with Crippen LogP contribution < -0.4 is 14.8 Å². The third-order valence-electron chi connectivity index (χ3n) is 5.52. The number of thiazole rings is 1. The molecule has 36 heavy (non-hydrogen) atoms. The van der Waals surface area contributed by atoms with E-state index in [0.717, 1.165) is 0 Å². The van der Waals surface area contributed by atoms with Gasteiger partial charge in [-0.25, -0.2) is 4.98 Å². The highest BCUT2D eigenvalue weighted by Gasteiger charge is 2.23. The maximum Gasteiger partial charge on any atom is 0.257 e. The molecule has 1 fully saturated rings. The van der Waals surface area contributed by atoms with Crippen LogP contribution >= 0.6 is 11.3 Å². The molecule has 0 bridgehead atoms. The molecule has 0 atom stereocenters. The fourth-order valence-corrected chi connectivity index (χ4v) is 4.29. The van der Waals surface area contributed by atoms with E-state index >= 15 is 0 Å². The molecule has 0 spiro atoms. The maximum atomic E-state index is 12.9. The molecule has 188 valence electrons. The van der Waals surface area contributed by atoms with Crippen LogP contribution in [0.2, 0.25) is 0 Å². The molecule has 0 aliphatic carbocycles. The van der Waals surface area contributed by atoms with Crippen LogP contribution in [0.25, 0.3) is 0 Å². The SMILES string of the molecule is CC(=O)N1CCN(C(=O)c2ccc(Oc3cc(OC(C)C)cc(C(=O)Nc4nccs4)c3)cc2)CC1. The summed E-state index contributed by atoms with van der Waals surface area (Å²) in [6.45, 7) is 7.43. The first-order valence-corrected chi connectivity index (χ1v) is 12.5. The van der Waals surface area contributed by atoms with Gasteiger partial charge in [0.2, 0.25) is 5.91 Å². The molecule has 2 aromatic carbocycles. The van der Waals surface area contributed by atoms with Gasteiger partial charge in [-0.05, 0) is 50.2 Å². The summed E-state index contributed by atoms with van der Waals surface area (Å²) in [5, 5.41) is 5.04. The maximum absolute atomic E-state index is 12.9. The highest BCUT2D eigenvalue weighted by molar-refractivity contribution is 7.13. The molecule has 0 saturated carbocycles. The first-order chi connectivity index (χ1) is 17.3. The van der Waals surface area contributed by atoms with E-state index in [1.54, 1.807) is 63.8 Å². The van der Waals surface area contributed by atoms with Crippen molar-refractivity contribution >= 4 is 34.2 Å². The molecule has 2 heterocycles. The average molecular weight is 509 g/mol. The summed E-state index contributed by atoms with van der Waals surface area (Å²) in [6.07, 6.45) is 1.53. The van der Waals surface area contributed by atoms with E-state index in [9.17, 15) is 14.4 Å². The molecule has 3 aromatic rings. The Morgan fingerprint density at radius 1 is 0.917 bits per heavy atom. The summed E-state index contributed by atoms with van der Waals surface area (Å²) in [6, 6.07) is 11.8. The van der Waals surface area contributed by atoms with Crippen LogP contribution in [-0.4, -0.2) is 64.8 Å². The van der Waals surface area contributed by atoms with E-state index in [0.29, 0.717) is 59.7 Å². The van der Waals surface area contributed by atoms with Crippen LogP contribution in [0.3, 0.4) is 0 Å². The van der Waals surface area contributed by atoms with Crippen LogP contribution in [0.5, 0.6) is 17.2 Å². The van der Waals surface area contributed by atoms with Crippen LogP contribution in [0.15, 0.2) is 54.0 Å². The molecule has 4 rings (SSSR count). The molecule has 1 N–H and O–H groups in total. The van der Waals surface area contributed by atoms with Crippen molar-refractivity contribution in [1.29, 1.82) is 0 Å². The van der Waals surface area contributed by atoms with Crippen molar-refractivity contribution in [2.24, 2.45) is 0 Å². The van der Waals surface area contributed by atoms with Crippen molar-refractivity contribution in [2.75, 3.05) is 31.5 Å². The Hall–Kier alpha value is -3.92. The molecule has 1 aliphatic heterocycles. The summed E-state index contributed by atoms with van der Waals surface area (Å²) in [5.41, 5.74) is 0.911. The second-order valence-electron chi connectivity index (χ2n) is 8.58. The number of rotatable bonds is 7. The zero-order chi connectivity index (χ0) is 25.7. The molecule has 10 heteroatoms. The number of aromatic nitrogens is 1. The van der Waals surface area contributed by atoms with Crippen molar-refractivity contribution in [3.8, 4) is 17.2 Å². The predicted octanol–water partition coefficient (Wildman–Crippen LogP) is 4.28. The number of piperazine rings is 1. The Balaban J connectivity index is 1.46. The Morgan fingerprint density at radius 2 is 1.58 bits per heavy atom. The highest BCUT2D eigenvalue weighted by atomic mass is 32.1. The molecule has 1 aliphatic rings. The number of nitrogens with one attached hydrogen (secondary N) is 1. The third kappa shape index (κ3) is 6.39. The number of ether oxygens (including phenoxy) is 2. The molecular weight excluding hydrogens is 480 g/mol. The minimum absolute atomic E-state index is 0.0234. The molecule has 3 amide bonds. The normalized spacial score (nSPS) is 13.4. The second-order valence-corrected chi connectivity index (χ2v) is 9.47. The Morgan fingerprint density at radius 3 is 2.19 bits per heavy atom. The van der Waals surface area contributed by atoms with Crippen LogP contribution in [0, 0.1) is 0 Å². The zero-order valence-electron chi connectivity index (χ0n) is 20.4. The fraction of sp³-hybridized carbons (Fsp3) is 0.308. The van der Waals surface area contributed by atoms with Crippen LogP contribution in [0.1, 0.15) is 41.5 Å². The molecule has 0 radical (unpaired) electrons. The van der Waals surface area contributed by atoms with Gasteiger partial charge in [0.05, 0.1) is 6.10 Å². The molecule has 9 nitrogen and oxygen atoms in total. The number of carbonyl (C=O) groups excluding carboxylic acids is 3. The topological polar surface area (TPSA) is 101 Å². The second kappa shape index (κ2) is 11.2. The van der Waals surface area contributed by atoms with Crippen LogP contribution in [-0.2, 0) is 4.79 Å². The van der Waals surface area contributed by atoms with Gasteiger partial charge in [-0.2, -0.15) is 0 Å². The van der Waals surface area contributed by atoms with E-state index in [1.807, 2.05) is 13.8 Å². The number of nitrogens with zero attached hydrogens (tertiary/aromatic N) is 3. The lowest BCUT2D eigenvalue weighted by atomic mass is 10.1. The fourth-order valence-electron chi connectivity index (χ4n) is 3.77. The standard InChI is InChI=1S/C26H28N4O5S/c1-17(2)34-22-14-20(24(32)28-26-27-8-13-36-26)15-23(16-22)35-21-6-4-19(5-7-21)25(33)30-11-9-29(10-12-30)18(3)31/h4-8,13-17H,9-12H2,1-3H3,(H,27,28,32). The summed E-state index contributed by atoms with van der Waals surface area (Å²) in [5.74, 6) is 1.06. The molecule has 1 aromatic heterocycles. The number of hydrogen-bond donors (Lipinski definition) is 1. The average Bonchev–Trinajstić information content (AvgIpc) is 3.36. The van der Waals surface area contributed by atoms with Crippen molar-refractivity contribution in [1.82, 2.24) is 14.8 Å². The highest BCUT2D eigenvalue weighted by Crippen LogP contribution is 2.29. The van der Waals surface area contributed by atoms with E-state index in [4.69, 9.17) is 9.47 Å². The number of benzene rings is 2. The Bertz CT molecular complexity index is 1220. The first-order valence-electron chi connectivity index (χ1n) is 11.6. The number of amides is 3. The minimum Gasteiger partial charge on any atom is -0.491 e. The smallest absolute Gasteiger partial charge is 0.257 e. The Labute approximate surface area is 213 Å². The lowest BCUT2D eigenvalue weighted by Gasteiger charge is -2.34. The van der Waals surface area contributed by atoms with Gasteiger partial charge in [-0.1, -0.05) is 0 Å². The molecule has 0 unspecified atom stereocenters. The van der Waals surface area contributed by atoms with Gasteiger partial charge in [-0.3, -0.25) is 19.7 Å². The van der Waals surface area contributed by atoms with Gasteiger partial charge in [0.1, 0.15) is 17.2 Å². The first kappa shape index (κ1) is 25.2. The minimum atomic E-state index is -0.324. The van der Waals surface area contributed by atoms with Crippen LogP contribution in [0.4, 0.5) is 5.13 Å². The van der Waals surface area contributed by atoms with Gasteiger partial charge in [0.15, 0.2) is 5.13 Å². The van der Waals surface area contributed by atoms with E-state index < -0.39 is 0 Å². The van der Waals surface area contributed by atoms with Gasteiger partial charge in [-0.15, -0.1) is 11.3 Å². The van der Waals surface area contributed by atoms with Gasteiger partial charge in [0, 0.05) is 61.9 Å². The summed E-state index contributed by atoms with van der Waals surface area (Å²) < 4.78 is 11.8. The largest absolute Gasteiger partial charge is 0.491 e. The van der Waals surface area contributed by atoms with Gasteiger partial charge >= 0.3 is 0 Å². The lowest BCUT2D eigenvalue weighted by molar-refractivity contribution is -0.130. The molecular formula is C26H28N4O5S.